The minimum atomic E-state index is -4.66. The minimum Gasteiger partial charge on any atom is -0.406 e. The maximum Gasteiger partial charge on any atom is 0.573 e. The van der Waals surface area contributed by atoms with Crippen LogP contribution in [0.5, 0.6) is 5.75 Å². The summed E-state index contributed by atoms with van der Waals surface area (Å²) in [6.07, 6.45) is 8.57. The van der Waals surface area contributed by atoms with Gasteiger partial charge in [-0.1, -0.05) is 36.4 Å². The van der Waals surface area contributed by atoms with Gasteiger partial charge in [-0.2, -0.15) is 9.65 Å². The summed E-state index contributed by atoms with van der Waals surface area (Å²) < 4.78 is 53.8. The Morgan fingerprint density at radius 2 is 1.53 bits per heavy atom. The second kappa shape index (κ2) is 10.8. The fourth-order valence-electron chi connectivity index (χ4n) is 5.09. The molecule has 1 aromatic carbocycles. The van der Waals surface area contributed by atoms with Crippen molar-refractivity contribution in [2.24, 2.45) is 17.8 Å². The average molecular weight is 448 g/mol. The van der Waals surface area contributed by atoms with E-state index < -0.39 is 12.2 Å². The van der Waals surface area contributed by atoms with Crippen molar-refractivity contribution in [2.75, 3.05) is 0 Å². The highest BCUT2D eigenvalue weighted by atomic mass is 19.4. The quantitative estimate of drug-likeness (QED) is 0.191. The average Bonchev–Trinajstić information content (AvgIpc) is 2.78. The molecule has 2 nitrogen and oxygen atoms in total. The van der Waals surface area contributed by atoms with Crippen molar-refractivity contribution in [3.05, 3.63) is 66.0 Å². The van der Waals surface area contributed by atoms with E-state index in [9.17, 15) is 17.6 Å². The first-order valence-corrected chi connectivity index (χ1v) is 11.2. The summed E-state index contributed by atoms with van der Waals surface area (Å²) in [6, 6.07) is 7.74. The molecule has 1 aromatic rings. The largest absolute Gasteiger partial charge is 0.573 e. The first-order valence-electron chi connectivity index (χ1n) is 11.2. The molecule has 3 rings (SSSR count). The van der Waals surface area contributed by atoms with Crippen LogP contribution in [0.4, 0.5) is 17.6 Å². The Labute approximate surface area is 187 Å². The monoisotopic (exact) mass is 447 g/mol. The molecule has 0 amide bonds. The van der Waals surface area contributed by atoms with Gasteiger partial charge in [-0.15, -0.1) is 13.2 Å². The molecular weight excluding hydrogens is 418 g/mol. The number of nitrogens with zero attached hydrogens (tertiary/aromatic N) is 1. The molecule has 32 heavy (non-hydrogen) atoms. The smallest absolute Gasteiger partial charge is 0.406 e. The highest BCUT2D eigenvalue weighted by molar-refractivity contribution is 5.30. The van der Waals surface area contributed by atoms with Crippen molar-refractivity contribution in [1.29, 1.82) is 5.26 Å². The summed E-state index contributed by atoms with van der Waals surface area (Å²) in [5.41, 5.74) is 2.41. The van der Waals surface area contributed by atoms with E-state index in [-0.39, 0.29) is 5.75 Å². The molecule has 0 radical (unpaired) electrons. The Hall–Kier alpha value is -2.55. The lowest BCUT2D eigenvalue weighted by atomic mass is 9.70. The molecule has 2 aliphatic rings. The van der Waals surface area contributed by atoms with Crippen molar-refractivity contribution >= 4 is 0 Å². The molecule has 0 bridgehead atoms. The zero-order chi connectivity index (χ0) is 23.1. The lowest BCUT2D eigenvalue weighted by Gasteiger charge is -2.36. The SMILES string of the molecule is C=C(C1CCC(C=CC=C(F)C#N)CC1)C1CCC(c2ccc(OC(F)(F)F)cc2)CC1. The second-order valence-electron chi connectivity index (χ2n) is 8.86. The van der Waals surface area contributed by atoms with Gasteiger partial charge in [-0.05, 0) is 98.8 Å². The van der Waals surface area contributed by atoms with E-state index in [2.05, 4.69) is 11.3 Å². The van der Waals surface area contributed by atoms with Crippen LogP contribution in [0, 0.1) is 29.1 Å². The third-order valence-corrected chi connectivity index (χ3v) is 6.87. The molecule has 2 aliphatic carbocycles. The summed E-state index contributed by atoms with van der Waals surface area (Å²) in [7, 11) is 0. The molecule has 0 aliphatic heterocycles. The number of nitriles is 1. The minimum absolute atomic E-state index is 0.181. The lowest BCUT2D eigenvalue weighted by Crippen LogP contribution is -2.22. The highest BCUT2D eigenvalue weighted by Gasteiger charge is 2.32. The fourth-order valence-corrected chi connectivity index (χ4v) is 5.09. The van der Waals surface area contributed by atoms with E-state index >= 15 is 0 Å². The van der Waals surface area contributed by atoms with Crippen molar-refractivity contribution < 1.29 is 22.3 Å². The molecule has 0 unspecified atom stereocenters. The topological polar surface area (TPSA) is 33.0 Å². The number of hydrogen-bond donors (Lipinski definition) is 0. The normalized spacial score (nSPS) is 27.2. The molecule has 2 saturated carbocycles. The molecule has 0 saturated heterocycles. The first-order chi connectivity index (χ1) is 15.2. The third kappa shape index (κ3) is 6.98. The predicted octanol–water partition coefficient (Wildman–Crippen LogP) is 8.15. The summed E-state index contributed by atoms with van der Waals surface area (Å²) >= 11 is 0. The van der Waals surface area contributed by atoms with Gasteiger partial charge in [-0.3, -0.25) is 0 Å². The van der Waals surface area contributed by atoms with Gasteiger partial charge in [0.2, 0.25) is 0 Å². The van der Waals surface area contributed by atoms with Crippen LogP contribution in [0.2, 0.25) is 0 Å². The van der Waals surface area contributed by atoms with E-state index in [1.165, 1.54) is 29.9 Å². The molecule has 6 heteroatoms. The van der Waals surface area contributed by atoms with E-state index in [0.717, 1.165) is 56.9 Å². The summed E-state index contributed by atoms with van der Waals surface area (Å²) in [5.74, 6) is 0.850. The van der Waals surface area contributed by atoms with Gasteiger partial charge in [0.1, 0.15) is 11.8 Å². The van der Waals surface area contributed by atoms with Crippen LogP contribution in [0.15, 0.2) is 60.5 Å². The van der Waals surface area contributed by atoms with Crippen LogP contribution < -0.4 is 4.74 Å². The Morgan fingerprint density at radius 1 is 0.969 bits per heavy atom. The van der Waals surface area contributed by atoms with Gasteiger partial charge in [0.05, 0.1) is 0 Å². The number of alkyl halides is 3. The maximum atomic E-state index is 12.9. The Bertz CT molecular complexity index is 863. The molecule has 2 fully saturated rings. The fraction of sp³-hybridized carbons (Fsp3) is 0.500. The number of hydrogen-bond acceptors (Lipinski definition) is 2. The second-order valence-corrected chi connectivity index (χ2v) is 8.86. The number of allylic oxidation sites excluding steroid dienone is 5. The Kier molecular flexibility index (Phi) is 8.17. The zero-order valence-corrected chi connectivity index (χ0v) is 18.1. The molecule has 0 spiro atoms. The summed E-state index contributed by atoms with van der Waals surface area (Å²) in [5, 5.41) is 8.44. The molecule has 0 heterocycles. The predicted molar refractivity (Wildman–Crippen MR) is 116 cm³/mol. The number of rotatable bonds is 6. The highest BCUT2D eigenvalue weighted by Crippen LogP contribution is 2.44. The molecule has 0 N–H and O–H groups in total. The van der Waals surface area contributed by atoms with Crippen molar-refractivity contribution in [1.82, 2.24) is 0 Å². The van der Waals surface area contributed by atoms with Crippen molar-refractivity contribution in [3.8, 4) is 11.8 Å². The Morgan fingerprint density at radius 3 is 2.06 bits per heavy atom. The van der Waals surface area contributed by atoms with E-state index in [4.69, 9.17) is 5.26 Å². The molecule has 172 valence electrons. The molecule has 0 atom stereocenters. The van der Waals surface area contributed by atoms with E-state index in [1.807, 2.05) is 6.08 Å². The third-order valence-electron chi connectivity index (χ3n) is 6.87. The van der Waals surface area contributed by atoms with E-state index in [1.54, 1.807) is 18.2 Å². The Balaban J connectivity index is 1.44. The van der Waals surface area contributed by atoms with Gasteiger partial charge >= 0.3 is 6.36 Å². The number of ether oxygens (including phenoxy) is 1. The lowest BCUT2D eigenvalue weighted by molar-refractivity contribution is -0.274. The standard InChI is InChI=1S/C26H29F4NO/c1-18(20-7-5-19(6-8-20)3-2-4-24(27)17-31)21-9-11-22(12-10-21)23-13-15-25(16-14-23)32-26(28,29)30/h2-4,13-16,19-22H,1,5-12H2. The van der Waals surface area contributed by atoms with Gasteiger partial charge in [-0.25, -0.2) is 0 Å². The molecular formula is C26H29F4NO. The van der Waals surface area contributed by atoms with E-state index in [0.29, 0.717) is 23.7 Å². The zero-order valence-electron chi connectivity index (χ0n) is 18.1. The van der Waals surface area contributed by atoms with Crippen LogP contribution in [0.3, 0.4) is 0 Å². The van der Waals surface area contributed by atoms with Crippen molar-refractivity contribution in [2.45, 2.75) is 63.6 Å². The van der Waals surface area contributed by atoms with Crippen LogP contribution in [-0.2, 0) is 0 Å². The van der Waals surface area contributed by atoms with Crippen LogP contribution >= 0.6 is 0 Å². The van der Waals surface area contributed by atoms with Crippen molar-refractivity contribution in [3.63, 3.8) is 0 Å². The number of benzene rings is 1. The number of halogens is 4. The first kappa shape index (κ1) is 24.1. The molecule has 0 aromatic heterocycles. The van der Waals surface area contributed by atoms with Gasteiger partial charge < -0.3 is 4.74 Å². The van der Waals surface area contributed by atoms with Gasteiger partial charge in [0.25, 0.3) is 0 Å². The van der Waals surface area contributed by atoms with Gasteiger partial charge in [0.15, 0.2) is 5.83 Å². The van der Waals surface area contributed by atoms with Crippen LogP contribution in [0.25, 0.3) is 0 Å². The summed E-state index contributed by atoms with van der Waals surface area (Å²) in [6.45, 7) is 4.43. The van der Waals surface area contributed by atoms with Gasteiger partial charge in [0, 0.05) is 0 Å². The van der Waals surface area contributed by atoms with Crippen LogP contribution in [-0.4, -0.2) is 6.36 Å². The maximum absolute atomic E-state index is 12.9. The van der Waals surface area contributed by atoms with Crippen LogP contribution in [0.1, 0.15) is 62.8 Å². The summed E-state index contributed by atoms with van der Waals surface area (Å²) in [4.78, 5) is 0.